The molecule has 0 heterocycles. The molecule has 0 spiro atoms. The van der Waals surface area contributed by atoms with E-state index >= 15 is 0 Å². The molecular weight excluding hydrogens is 1020 g/mol. The third-order valence-electron chi connectivity index (χ3n) is 10.8. The molecule has 430 valence electrons. The van der Waals surface area contributed by atoms with Crippen LogP contribution in [0.15, 0.2) is 91.0 Å². The first kappa shape index (κ1) is 66.6. The fourth-order valence-corrected chi connectivity index (χ4v) is 6.53. The van der Waals surface area contributed by atoms with Crippen molar-refractivity contribution in [2.24, 2.45) is 17.2 Å². The molecule has 3 aromatic carbocycles. The summed E-state index contributed by atoms with van der Waals surface area (Å²) in [7, 11) is 2.90. The van der Waals surface area contributed by atoms with E-state index in [0.717, 1.165) is 23.1 Å². The average Bonchev–Trinajstić information content (AvgIpc) is 3.44. The molecule has 0 aliphatic heterocycles. The van der Waals surface area contributed by atoms with Crippen LogP contribution in [-0.2, 0) is 100 Å². The monoisotopic (exact) mass is 1100 g/mol. The average molecular weight is 1100 g/mol. The van der Waals surface area contributed by atoms with Gasteiger partial charge in [-0.15, -0.1) is 0 Å². The van der Waals surface area contributed by atoms with Gasteiger partial charge in [-0.2, -0.15) is 0 Å². The smallest absolute Gasteiger partial charge is 0.407 e. The minimum atomic E-state index is -1.36. The number of carbonyl (C=O) groups is 9. The lowest BCUT2D eigenvalue weighted by Crippen LogP contribution is -2.50. The largest absolute Gasteiger partial charge is 0.461 e. The normalized spacial score (nSPS) is 12.9. The van der Waals surface area contributed by atoms with Crippen LogP contribution in [0.2, 0.25) is 0 Å². The first-order valence-electron chi connectivity index (χ1n) is 25.3. The molecular formula is C54H76N6O18. The zero-order chi connectivity index (χ0) is 57.5. The molecule has 3 rings (SSSR count). The molecule has 0 saturated carbocycles. The SMILES string of the molecule is COCCOC(=O)COC(=O)C(C)OC(=O)C(Cc1ccccc1)NC(=O)C(N)CCCCN.COCCOC(=O)COC(=O)C(C)OC(=O)C(Cc1ccccc1)NC(=O)C(N)CCCCNC(=O)OCc1ccccc1. The number of hydrogen-bond donors (Lipinski definition) is 6. The second-order valence-corrected chi connectivity index (χ2v) is 17.3. The van der Waals surface area contributed by atoms with Crippen LogP contribution in [0.5, 0.6) is 0 Å². The number of benzene rings is 3. The summed E-state index contributed by atoms with van der Waals surface area (Å²) in [6.07, 6.45) is 0.202. The summed E-state index contributed by atoms with van der Waals surface area (Å²) in [5.74, 6) is -6.23. The Morgan fingerprint density at radius 1 is 0.487 bits per heavy atom. The van der Waals surface area contributed by atoms with Crippen LogP contribution in [0, 0.1) is 0 Å². The van der Waals surface area contributed by atoms with E-state index in [1.165, 1.54) is 28.1 Å². The molecule has 0 aliphatic rings. The van der Waals surface area contributed by atoms with Crippen LogP contribution in [0.1, 0.15) is 69.1 Å². The maximum atomic E-state index is 13.0. The van der Waals surface area contributed by atoms with Crippen molar-refractivity contribution in [3.05, 3.63) is 108 Å². The van der Waals surface area contributed by atoms with Crippen molar-refractivity contribution >= 4 is 53.7 Å². The van der Waals surface area contributed by atoms with Crippen molar-refractivity contribution in [3.63, 3.8) is 0 Å². The van der Waals surface area contributed by atoms with Gasteiger partial charge < -0.3 is 75.8 Å². The number of alkyl carbamates (subject to hydrolysis) is 1. The Balaban J connectivity index is 0.000000552. The number of amides is 3. The maximum absolute atomic E-state index is 13.0. The van der Waals surface area contributed by atoms with Crippen LogP contribution >= 0.6 is 0 Å². The highest BCUT2D eigenvalue weighted by Crippen LogP contribution is 2.11. The Bertz CT molecular complexity index is 2260. The third-order valence-corrected chi connectivity index (χ3v) is 10.8. The molecule has 3 amide bonds. The quantitative estimate of drug-likeness (QED) is 0.0277. The minimum Gasteiger partial charge on any atom is -0.461 e. The summed E-state index contributed by atoms with van der Waals surface area (Å²) in [6.45, 7) is 2.71. The zero-order valence-electron chi connectivity index (χ0n) is 44.7. The van der Waals surface area contributed by atoms with E-state index < -0.39 is 103 Å². The third kappa shape index (κ3) is 29.7. The minimum absolute atomic E-state index is 0.00113. The van der Waals surface area contributed by atoms with Crippen molar-refractivity contribution in [3.8, 4) is 0 Å². The molecule has 78 heavy (non-hydrogen) atoms. The van der Waals surface area contributed by atoms with Crippen molar-refractivity contribution in [2.75, 3.05) is 67.0 Å². The fraction of sp³-hybridized carbons (Fsp3) is 0.500. The Hall–Kier alpha value is -7.51. The Kier molecular flexibility index (Phi) is 34.0. The molecule has 0 fully saturated rings. The number of nitrogens with one attached hydrogen (secondary N) is 3. The van der Waals surface area contributed by atoms with Gasteiger partial charge >= 0.3 is 41.9 Å². The maximum Gasteiger partial charge on any atom is 0.407 e. The number of ether oxygens (including phenoxy) is 9. The topological polar surface area (TPSA) is 351 Å². The number of nitrogens with two attached hydrogens (primary N) is 3. The Labute approximate surface area is 454 Å². The van der Waals surface area contributed by atoms with E-state index in [4.69, 9.17) is 59.8 Å². The van der Waals surface area contributed by atoms with Crippen LogP contribution in [0.3, 0.4) is 0 Å². The fourth-order valence-electron chi connectivity index (χ4n) is 6.53. The van der Waals surface area contributed by atoms with Gasteiger partial charge in [0.05, 0.1) is 25.3 Å². The summed E-state index contributed by atoms with van der Waals surface area (Å²) in [5.41, 5.74) is 19.9. The predicted octanol–water partition coefficient (Wildman–Crippen LogP) is 1.64. The highest BCUT2D eigenvalue weighted by atomic mass is 16.6. The standard InChI is InChI=1S/C31H41N3O10.C23H35N3O8/c1-22(29(37)42-21-27(35)41-18-17-40-2)44-30(38)26(19-23-11-5-3-6-12-23)34-28(36)25(32)15-9-10-16-33-31(39)43-20-24-13-7-4-8-14-24;1-16(22(29)33-15-20(27)32-13-12-31-2)34-23(30)19(14-17-8-4-3-5-9-17)26-21(28)18(25)10-6-7-11-24/h3-8,11-14,22,25-26H,9-10,15-21,32H2,1-2H3,(H,33,39)(H,34,36);3-5,8-9,16,18-19H,6-7,10-15,24-25H2,1-2H3,(H,26,28). The van der Waals surface area contributed by atoms with Gasteiger partial charge in [-0.05, 0) is 69.2 Å². The van der Waals surface area contributed by atoms with Gasteiger partial charge in [-0.25, -0.2) is 33.6 Å². The van der Waals surface area contributed by atoms with Crippen LogP contribution in [0.25, 0.3) is 0 Å². The van der Waals surface area contributed by atoms with Crippen molar-refractivity contribution in [1.29, 1.82) is 0 Å². The lowest BCUT2D eigenvalue weighted by Gasteiger charge is -2.22. The molecule has 0 bridgehead atoms. The molecule has 9 N–H and O–H groups in total. The number of esters is 6. The molecule has 0 saturated heterocycles. The van der Waals surface area contributed by atoms with Gasteiger partial charge in [0.15, 0.2) is 25.4 Å². The molecule has 3 aromatic rings. The lowest BCUT2D eigenvalue weighted by molar-refractivity contribution is -0.172. The predicted molar refractivity (Wildman–Crippen MR) is 280 cm³/mol. The zero-order valence-corrected chi connectivity index (χ0v) is 44.7. The van der Waals surface area contributed by atoms with Gasteiger partial charge in [-0.1, -0.05) is 97.4 Å². The van der Waals surface area contributed by atoms with Gasteiger partial charge in [0.2, 0.25) is 11.8 Å². The number of rotatable bonds is 35. The summed E-state index contributed by atoms with van der Waals surface area (Å²) in [4.78, 5) is 111. The molecule has 24 nitrogen and oxygen atoms in total. The van der Waals surface area contributed by atoms with Gasteiger partial charge in [0.25, 0.3) is 0 Å². The Morgan fingerprint density at radius 2 is 0.885 bits per heavy atom. The van der Waals surface area contributed by atoms with E-state index in [1.54, 1.807) is 48.5 Å². The van der Waals surface area contributed by atoms with Crippen molar-refractivity contribution in [2.45, 2.75) is 108 Å². The second-order valence-electron chi connectivity index (χ2n) is 17.3. The highest BCUT2D eigenvalue weighted by molar-refractivity contribution is 5.90. The van der Waals surface area contributed by atoms with E-state index in [9.17, 15) is 43.2 Å². The van der Waals surface area contributed by atoms with Crippen LogP contribution < -0.4 is 33.2 Å². The number of hydrogen-bond acceptors (Lipinski definition) is 21. The molecule has 24 heteroatoms. The summed E-state index contributed by atoms with van der Waals surface area (Å²) < 4.78 is 44.4. The molecule has 6 unspecified atom stereocenters. The van der Waals surface area contributed by atoms with Crippen molar-refractivity contribution in [1.82, 2.24) is 16.0 Å². The summed E-state index contributed by atoms with van der Waals surface area (Å²) >= 11 is 0. The first-order valence-corrected chi connectivity index (χ1v) is 25.3. The van der Waals surface area contributed by atoms with E-state index in [2.05, 4.69) is 16.0 Å². The molecule has 0 aromatic heterocycles. The van der Waals surface area contributed by atoms with E-state index in [1.807, 2.05) is 42.5 Å². The number of methoxy groups -OCH3 is 2. The second kappa shape index (κ2) is 39.8. The van der Waals surface area contributed by atoms with Crippen LogP contribution in [0.4, 0.5) is 4.79 Å². The number of unbranched alkanes of at least 4 members (excludes halogenated alkanes) is 2. The number of carbonyl (C=O) groups excluding carboxylic acids is 9. The van der Waals surface area contributed by atoms with E-state index in [0.29, 0.717) is 45.2 Å². The van der Waals surface area contributed by atoms with Gasteiger partial charge in [0, 0.05) is 33.6 Å². The lowest BCUT2D eigenvalue weighted by atomic mass is 10.0. The van der Waals surface area contributed by atoms with Crippen molar-refractivity contribution < 1.29 is 85.8 Å². The van der Waals surface area contributed by atoms with Crippen LogP contribution in [-0.4, -0.2) is 157 Å². The summed E-state index contributed by atoms with van der Waals surface area (Å²) in [6, 6.07) is 23.2. The Morgan fingerprint density at radius 3 is 1.28 bits per heavy atom. The molecule has 0 radical (unpaired) electrons. The highest BCUT2D eigenvalue weighted by Gasteiger charge is 2.31. The summed E-state index contributed by atoms with van der Waals surface area (Å²) in [5, 5.41) is 7.87. The van der Waals surface area contributed by atoms with E-state index in [-0.39, 0.29) is 45.9 Å². The molecule has 6 atom stereocenters. The molecule has 0 aliphatic carbocycles. The first-order chi connectivity index (χ1) is 37.5. The van der Waals surface area contributed by atoms with Gasteiger partial charge in [-0.3, -0.25) is 9.59 Å². The van der Waals surface area contributed by atoms with Gasteiger partial charge in [0.1, 0.15) is 31.9 Å².